The van der Waals surface area contributed by atoms with Crippen LogP contribution in [-0.2, 0) is 11.3 Å². The zero-order valence-corrected chi connectivity index (χ0v) is 12.0. The van der Waals surface area contributed by atoms with Gasteiger partial charge in [0.1, 0.15) is 0 Å². The predicted octanol–water partition coefficient (Wildman–Crippen LogP) is 3.09. The highest BCUT2D eigenvalue weighted by molar-refractivity contribution is 7.10. The first-order chi connectivity index (χ1) is 9.15. The second kappa shape index (κ2) is 6.50. The van der Waals surface area contributed by atoms with E-state index in [0.717, 1.165) is 12.2 Å². The number of aryl methyl sites for hydroxylation is 2. The summed E-state index contributed by atoms with van der Waals surface area (Å²) in [4.78, 5) is 13.0. The molecule has 2 aromatic rings. The van der Waals surface area contributed by atoms with Gasteiger partial charge in [0.2, 0.25) is 5.91 Å². The Morgan fingerprint density at radius 3 is 2.53 bits per heavy atom. The average molecular weight is 274 g/mol. The Hall–Kier alpha value is -1.65. The lowest BCUT2D eigenvalue weighted by Gasteiger charge is -2.07. The summed E-state index contributed by atoms with van der Waals surface area (Å²) in [6.07, 6.45) is 0. The minimum Gasteiger partial charge on any atom is -0.325 e. The van der Waals surface area contributed by atoms with E-state index in [4.69, 9.17) is 0 Å². The van der Waals surface area contributed by atoms with E-state index in [9.17, 15) is 4.79 Å². The van der Waals surface area contributed by atoms with Crippen molar-refractivity contribution in [3.63, 3.8) is 0 Å². The molecular formula is C15H18N2OS. The van der Waals surface area contributed by atoms with E-state index in [2.05, 4.69) is 29.0 Å². The molecule has 0 fully saturated rings. The van der Waals surface area contributed by atoms with Crippen LogP contribution in [0.25, 0.3) is 0 Å². The van der Waals surface area contributed by atoms with Gasteiger partial charge in [-0.25, -0.2) is 0 Å². The molecule has 4 heteroatoms. The molecule has 1 aromatic carbocycles. The van der Waals surface area contributed by atoms with E-state index in [0.29, 0.717) is 6.54 Å². The predicted molar refractivity (Wildman–Crippen MR) is 80.6 cm³/mol. The SMILES string of the molecule is Cc1ccc(NC(=O)CNCc2sccc2C)cc1. The molecule has 0 radical (unpaired) electrons. The Morgan fingerprint density at radius 2 is 1.89 bits per heavy atom. The molecule has 1 amide bonds. The number of carbonyl (C=O) groups excluding carboxylic acids is 1. The van der Waals surface area contributed by atoms with Crippen molar-refractivity contribution in [2.75, 3.05) is 11.9 Å². The Labute approximate surface area is 117 Å². The van der Waals surface area contributed by atoms with Crippen LogP contribution < -0.4 is 10.6 Å². The van der Waals surface area contributed by atoms with Crippen LogP contribution in [0.3, 0.4) is 0 Å². The number of hydrogen-bond donors (Lipinski definition) is 2. The number of benzene rings is 1. The van der Waals surface area contributed by atoms with E-state index in [-0.39, 0.29) is 5.91 Å². The largest absolute Gasteiger partial charge is 0.325 e. The van der Waals surface area contributed by atoms with E-state index in [1.54, 1.807) is 11.3 Å². The van der Waals surface area contributed by atoms with E-state index < -0.39 is 0 Å². The molecule has 3 nitrogen and oxygen atoms in total. The first-order valence-electron chi connectivity index (χ1n) is 6.25. The van der Waals surface area contributed by atoms with Crippen molar-refractivity contribution in [1.29, 1.82) is 0 Å². The van der Waals surface area contributed by atoms with Crippen LogP contribution in [0.4, 0.5) is 5.69 Å². The first-order valence-corrected chi connectivity index (χ1v) is 7.13. The number of rotatable bonds is 5. The second-order valence-corrected chi connectivity index (χ2v) is 5.55. The minimum absolute atomic E-state index is 0.0157. The quantitative estimate of drug-likeness (QED) is 0.879. The van der Waals surface area contributed by atoms with Crippen molar-refractivity contribution in [2.45, 2.75) is 20.4 Å². The zero-order chi connectivity index (χ0) is 13.7. The van der Waals surface area contributed by atoms with Crippen LogP contribution in [0.1, 0.15) is 16.0 Å². The highest BCUT2D eigenvalue weighted by Gasteiger charge is 2.03. The van der Waals surface area contributed by atoms with Crippen LogP contribution in [0.5, 0.6) is 0 Å². The van der Waals surface area contributed by atoms with Gasteiger partial charge in [0.15, 0.2) is 0 Å². The molecule has 1 heterocycles. The van der Waals surface area contributed by atoms with Crippen molar-refractivity contribution >= 4 is 22.9 Å². The van der Waals surface area contributed by atoms with Crippen LogP contribution in [0.2, 0.25) is 0 Å². The standard InChI is InChI=1S/C15H18N2OS/c1-11-3-5-13(6-4-11)17-15(18)10-16-9-14-12(2)7-8-19-14/h3-8,16H,9-10H2,1-2H3,(H,17,18). The fourth-order valence-corrected chi connectivity index (χ4v) is 2.59. The molecule has 0 saturated heterocycles. The van der Waals surface area contributed by atoms with Crippen LogP contribution >= 0.6 is 11.3 Å². The maximum atomic E-state index is 11.7. The molecule has 0 atom stereocenters. The molecule has 0 bridgehead atoms. The van der Waals surface area contributed by atoms with Crippen molar-refractivity contribution < 1.29 is 4.79 Å². The third-order valence-corrected chi connectivity index (χ3v) is 3.90. The van der Waals surface area contributed by atoms with Crippen LogP contribution in [0, 0.1) is 13.8 Å². The lowest BCUT2D eigenvalue weighted by Crippen LogP contribution is -2.27. The Bertz CT molecular complexity index is 546. The lowest BCUT2D eigenvalue weighted by atomic mass is 10.2. The number of nitrogens with one attached hydrogen (secondary N) is 2. The highest BCUT2D eigenvalue weighted by atomic mass is 32.1. The van der Waals surface area contributed by atoms with Crippen LogP contribution in [0.15, 0.2) is 35.7 Å². The van der Waals surface area contributed by atoms with Gasteiger partial charge in [-0.05, 0) is 43.0 Å². The van der Waals surface area contributed by atoms with Gasteiger partial charge in [-0.1, -0.05) is 17.7 Å². The average Bonchev–Trinajstić information content (AvgIpc) is 2.78. The van der Waals surface area contributed by atoms with Gasteiger partial charge in [-0.2, -0.15) is 0 Å². The monoisotopic (exact) mass is 274 g/mol. The van der Waals surface area contributed by atoms with E-state index >= 15 is 0 Å². The van der Waals surface area contributed by atoms with Gasteiger partial charge < -0.3 is 10.6 Å². The van der Waals surface area contributed by atoms with Crippen molar-refractivity contribution in [3.8, 4) is 0 Å². The molecule has 2 N–H and O–H groups in total. The van der Waals surface area contributed by atoms with Crippen molar-refractivity contribution in [3.05, 3.63) is 51.7 Å². The number of carbonyl (C=O) groups is 1. The fourth-order valence-electron chi connectivity index (χ4n) is 1.72. The molecule has 0 saturated carbocycles. The molecule has 0 aliphatic rings. The maximum Gasteiger partial charge on any atom is 0.238 e. The zero-order valence-electron chi connectivity index (χ0n) is 11.2. The number of hydrogen-bond acceptors (Lipinski definition) is 3. The summed E-state index contributed by atoms with van der Waals surface area (Å²) in [6, 6.07) is 9.89. The van der Waals surface area contributed by atoms with Gasteiger partial charge in [-0.3, -0.25) is 4.79 Å². The van der Waals surface area contributed by atoms with Gasteiger partial charge in [0.05, 0.1) is 6.54 Å². The Morgan fingerprint density at radius 1 is 1.16 bits per heavy atom. The summed E-state index contributed by atoms with van der Waals surface area (Å²) in [5.41, 5.74) is 3.30. The molecular weight excluding hydrogens is 256 g/mol. The molecule has 0 unspecified atom stereocenters. The first kappa shape index (κ1) is 13.8. The van der Waals surface area contributed by atoms with Crippen molar-refractivity contribution in [1.82, 2.24) is 5.32 Å². The Balaban J connectivity index is 1.76. The number of thiophene rings is 1. The third kappa shape index (κ3) is 4.19. The summed E-state index contributed by atoms with van der Waals surface area (Å²) in [5.74, 6) is -0.0157. The summed E-state index contributed by atoms with van der Waals surface area (Å²) < 4.78 is 0. The third-order valence-electron chi connectivity index (χ3n) is 2.87. The lowest BCUT2D eigenvalue weighted by molar-refractivity contribution is -0.115. The van der Waals surface area contributed by atoms with Crippen molar-refractivity contribution in [2.24, 2.45) is 0 Å². The normalized spacial score (nSPS) is 10.4. The molecule has 1 aromatic heterocycles. The van der Waals surface area contributed by atoms with Gasteiger partial charge in [0, 0.05) is 17.1 Å². The molecule has 0 spiro atoms. The summed E-state index contributed by atoms with van der Waals surface area (Å²) >= 11 is 1.71. The molecule has 0 aliphatic carbocycles. The van der Waals surface area contributed by atoms with Gasteiger partial charge >= 0.3 is 0 Å². The fraction of sp³-hybridized carbons (Fsp3) is 0.267. The molecule has 0 aliphatic heterocycles. The number of amides is 1. The molecule has 19 heavy (non-hydrogen) atoms. The Kier molecular flexibility index (Phi) is 4.71. The topological polar surface area (TPSA) is 41.1 Å². The van der Waals surface area contributed by atoms with E-state index in [1.807, 2.05) is 31.2 Å². The molecule has 2 rings (SSSR count). The summed E-state index contributed by atoms with van der Waals surface area (Å²) in [7, 11) is 0. The molecule has 100 valence electrons. The van der Waals surface area contributed by atoms with Gasteiger partial charge in [0.25, 0.3) is 0 Å². The van der Waals surface area contributed by atoms with Gasteiger partial charge in [-0.15, -0.1) is 11.3 Å². The van der Waals surface area contributed by atoms with Crippen LogP contribution in [-0.4, -0.2) is 12.5 Å². The summed E-state index contributed by atoms with van der Waals surface area (Å²) in [5, 5.41) is 8.09. The maximum absolute atomic E-state index is 11.7. The number of anilines is 1. The second-order valence-electron chi connectivity index (χ2n) is 4.54. The van der Waals surface area contributed by atoms with E-state index in [1.165, 1.54) is 16.0 Å². The summed E-state index contributed by atoms with van der Waals surface area (Å²) in [6.45, 7) is 5.17. The smallest absolute Gasteiger partial charge is 0.238 e. The highest BCUT2D eigenvalue weighted by Crippen LogP contribution is 2.14. The minimum atomic E-state index is -0.0157.